The first-order chi connectivity index (χ1) is 19.0. The summed E-state index contributed by atoms with van der Waals surface area (Å²) >= 11 is 0. The maximum atomic E-state index is 13.3. The van der Waals surface area contributed by atoms with E-state index in [1.165, 1.54) is 16.6 Å². The van der Waals surface area contributed by atoms with Crippen LogP contribution in [0.1, 0.15) is 6.92 Å². The molecule has 3 N–H and O–H groups in total. The van der Waals surface area contributed by atoms with Crippen LogP contribution in [0, 0.1) is 0 Å². The molecule has 0 aliphatic carbocycles. The molecule has 12 nitrogen and oxygen atoms in total. The van der Waals surface area contributed by atoms with E-state index in [1.807, 2.05) is 24.3 Å². The smallest absolute Gasteiger partial charge is 0.278 e. The van der Waals surface area contributed by atoms with E-state index in [4.69, 9.17) is 9.97 Å². The fourth-order valence-corrected chi connectivity index (χ4v) is 4.86. The van der Waals surface area contributed by atoms with E-state index in [1.54, 1.807) is 28.6 Å². The molecule has 1 aliphatic heterocycles. The Hall–Kier alpha value is -4.55. The topological polar surface area (TPSA) is 131 Å². The van der Waals surface area contributed by atoms with E-state index in [0.29, 0.717) is 35.0 Å². The van der Waals surface area contributed by atoms with Crippen molar-refractivity contribution in [1.29, 1.82) is 0 Å². The van der Waals surface area contributed by atoms with Gasteiger partial charge in [0, 0.05) is 49.1 Å². The summed E-state index contributed by atoms with van der Waals surface area (Å²) in [5.41, 5.74) is 2.80. The number of fused-ring (bicyclic) bond motifs is 2. The molecule has 39 heavy (non-hydrogen) atoms. The minimum absolute atomic E-state index is 0.240. The normalized spacial score (nSPS) is 14.7. The van der Waals surface area contributed by atoms with Crippen molar-refractivity contribution in [1.82, 2.24) is 39.4 Å². The van der Waals surface area contributed by atoms with E-state index < -0.39 is 6.10 Å². The fraction of sp³-hybridized carbons (Fsp3) is 0.296. The lowest BCUT2D eigenvalue weighted by atomic mass is 10.2. The molecule has 0 amide bonds. The van der Waals surface area contributed by atoms with Gasteiger partial charge in [-0.25, -0.2) is 24.0 Å². The number of nitrogens with zero attached hydrogens (tertiary/aromatic N) is 8. The standard InChI is InChI=1S/C27H30N10O2/c1-3-12-36-26(39)22-16-29-27(31-20-5-7-21(8-6-20)34-13-10-28-11-14-34)33-25(22)37(36)23-9-4-19-15-30-35(17-18(2)38)24(19)32-23/h3-9,15-16,18,28,38H,1,10-14,17H2,2H3,(H,29,31,33). The number of nitrogens with one attached hydrogen (secondary N) is 2. The summed E-state index contributed by atoms with van der Waals surface area (Å²) in [7, 11) is 0. The predicted molar refractivity (Wildman–Crippen MR) is 151 cm³/mol. The van der Waals surface area contributed by atoms with Crippen LogP contribution in [0.2, 0.25) is 0 Å². The number of benzene rings is 1. The van der Waals surface area contributed by atoms with Crippen molar-refractivity contribution in [2.45, 2.75) is 26.1 Å². The Bertz CT molecular complexity index is 1690. The zero-order valence-corrected chi connectivity index (χ0v) is 21.7. The summed E-state index contributed by atoms with van der Waals surface area (Å²) in [5, 5.41) is 22.1. The number of anilines is 3. The van der Waals surface area contributed by atoms with Crippen molar-refractivity contribution in [3.05, 3.63) is 71.8 Å². The van der Waals surface area contributed by atoms with Crippen LogP contribution in [0.25, 0.3) is 27.9 Å². The largest absolute Gasteiger partial charge is 0.391 e. The lowest BCUT2D eigenvalue weighted by Gasteiger charge is -2.29. The molecule has 5 heterocycles. The lowest BCUT2D eigenvalue weighted by Crippen LogP contribution is -2.43. The van der Waals surface area contributed by atoms with Gasteiger partial charge in [-0.2, -0.15) is 10.1 Å². The molecule has 1 aromatic carbocycles. The molecule has 12 heteroatoms. The number of allylic oxidation sites excluding steroid dienone is 1. The van der Waals surface area contributed by atoms with Crippen LogP contribution in [0.5, 0.6) is 0 Å². The second kappa shape index (κ2) is 10.3. The van der Waals surface area contributed by atoms with Crippen molar-refractivity contribution in [3.63, 3.8) is 0 Å². The van der Waals surface area contributed by atoms with Crippen LogP contribution < -0.4 is 21.1 Å². The summed E-state index contributed by atoms with van der Waals surface area (Å²) < 4.78 is 4.86. The number of aromatic nitrogens is 7. The van der Waals surface area contributed by atoms with Gasteiger partial charge in [-0.15, -0.1) is 6.58 Å². The Morgan fingerprint density at radius 1 is 1.10 bits per heavy atom. The Kier molecular flexibility index (Phi) is 6.55. The summed E-state index contributed by atoms with van der Waals surface area (Å²) in [4.78, 5) is 29.6. The SMILES string of the molecule is C=CCn1c(=O)c2cnc(Nc3ccc(N4CCNCC4)cc3)nc2n1-c1ccc2cnn(CC(C)O)c2n1. The van der Waals surface area contributed by atoms with Crippen LogP contribution in [0.15, 0.2) is 66.2 Å². The zero-order valence-electron chi connectivity index (χ0n) is 21.7. The first-order valence-electron chi connectivity index (χ1n) is 12.9. The summed E-state index contributed by atoms with van der Waals surface area (Å²) in [6.45, 7) is 9.99. The van der Waals surface area contributed by atoms with Crippen molar-refractivity contribution < 1.29 is 5.11 Å². The van der Waals surface area contributed by atoms with E-state index >= 15 is 0 Å². The highest BCUT2D eigenvalue weighted by molar-refractivity contribution is 5.79. The Balaban J connectivity index is 1.39. The quantitative estimate of drug-likeness (QED) is 0.260. The minimum Gasteiger partial charge on any atom is -0.391 e. The third kappa shape index (κ3) is 4.75. The van der Waals surface area contributed by atoms with Gasteiger partial charge >= 0.3 is 0 Å². The molecule has 1 unspecified atom stereocenters. The van der Waals surface area contributed by atoms with Gasteiger partial charge in [-0.1, -0.05) is 6.08 Å². The van der Waals surface area contributed by atoms with Crippen molar-refractivity contribution in [2.24, 2.45) is 0 Å². The first kappa shape index (κ1) is 24.8. The summed E-state index contributed by atoms with van der Waals surface area (Å²) in [6, 6.07) is 11.9. The van der Waals surface area contributed by atoms with Crippen molar-refractivity contribution in [3.8, 4) is 5.82 Å². The summed E-state index contributed by atoms with van der Waals surface area (Å²) in [5.74, 6) is 0.857. The Morgan fingerprint density at radius 2 is 1.90 bits per heavy atom. The van der Waals surface area contributed by atoms with Gasteiger partial charge in [0.05, 0.1) is 25.4 Å². The number of aliphatic hydroxyl groups excluding tert-OH is 1. The fourth-order valence-electron chi connectivity index (χ4n) is 4.86. The molecule has 0 bridgehead atoms. The van der Waals surface area contributed by atoms with Gasteiger partial charge in [0.15, 0.2) is 17.1 Å². The predicted octanol–water partition coefficient (Wildman–Crippen LogP) is 2.05. The van der Waals surface area contributed by atoms with Crippen LogP contribution in [0.3, 0.4) is 0 Å². The minimum atomic E-state index is -0.586. The molecule has 1 saturated heterocycles. The first-order valence-corrected chi connectivity index (χ1v) is 12.9. The lowest BCUT2D eigenvalue weighted by molar-refractivity contribution is 0.170. The van der Waals surface area contributed by atoms with E-state index in [2.05, 4.69) is 44.3 Å². The Morgan fingerprint density at radius 3 is 2.64 bits per heavy atom. The second-order valence-corrected chi connectivity index (χ2v) is 9.59. The molecule has 6 rings (SSSR count). The molecule has 0 saturated carbocycles. The molecule has 4 aromatic heterocycles. The van der Waals surface area contributed by atoms with Gasteiger partial charge in [-0.3, -0.25) is 4.79 Å². The molecule has 1 fully saturated rings. The number of hydrogen-bond donors (Lipinski definition) is 3. The molecular weight excluding hydrogens is 496 g/mol. The zero-order chi connectivity index (χ0) is 26.9. The highest BCUT2D eigenvalue weighted by Crippen LogP contribution is 2.23. The van der Waals surface area contributed by atoms with Gasteiger partial charge in [0.25, 0.3) is 5.56 Å². The molecule has 0 spiro atoms. The number of hydrogen-bond acceptors (Lipinski definition) is 9. The van der Waals surface area contributed by atoms with Crippen molar-refractivity contribution >= 4 is 39.4 Å². The van der Waals surface area contributed by atoms with Gasteiger partial charge in [-0.05, 0) is 43.3 Å². The monoisotopic (exact) mass is 526 g/mol. The number of aliphatic hydroxyl groups is 1. The Labute approximate surface area is 224 Å². The molecule has 1 atom stereocenters. The third-order valence-electron chi connectivity index (χ3n) is 6.71. The average Bonchev–Trinajstić information content (AvgIpc) is 3.47. The van der Waals surface area contributed by atoms with Crippen molar-refractivity contribution in [2.75, 3.05) is 36.4 Å². The maximum Gasteiger partial charge on any atom is 0.278 e. The van der Waals surface area contributed by atoms with Gasteiger partial charge in [0.1, 0.15) is 5.39 Å². The molecule has 0 radical (unpaired) electrons. The van der Waals surface area contributed by atoms with Crippen LogP contribution in [-0.4, -0.2) is 71.5 Å². The number of rotatable bonds is 8. The summed E-state index contributed by atoms with van der Waals surface area (Å²) in [6.07, 6.45) is 4.31. The van der Waals surface area contributed by atoms with Gasteiger partial charge in [0.2, 0.25) is 5.95 Å². The maximum absolute atomic E-state index is 13.3. The average molecular weight is 527 g/mol. The van der Waals surface area contributed by atoms with E-state index in [0.717, 1.165) is 37.3 Å². The third-order valence-corrected chi connectivity index (χ3v) is 6.71. The number of piperazine rings is 1. The van der Waals surface area contributed by atoms with Gasteiger partial charge < -0.3 is 20.6 Å². The van der Waals surface area contributed by atoms with E-state index in [-0.39, 0.29) is 12.1 Å². The van der Waals surface area contributed by atoms with Crippen LogP contribution in [0.4, 0.5) is 17.3 Å². The molecule has 1 aliphatic rings. The molecular formula is C27H30N10O2. The highest BCUT2D eigenvalue weighted by atomic mass is 16.3. The van der Waals surface area contributed by atoms with E-state index in [9.17, 15) is 9.90 Å². The molecule has 5 aromatic rings. The van der Waals surface area contributed by atoms with Crippen LogP contribution in [-0.2, 0) is 13.1 Å². The van der Waals surface area contributed by atoms with Crippen LogP contribution >= 0.6 is 0 Å². The molecule has 200 valence electrons. The highest BCUT2D eigenvalue weighted by Gasteiger charge is 2.19. The number of pyridine rings is 1. The second-order valence-electron chi connectivity index (χ2n) is 9.59.